The zero-order valence-corrected chi connectivity index (χ0v) is 13.3. The van der Waals surface area contributed by atoms with Gasteiger partial charge in [0.1, 0.15) is 4.99 Å². The fraction of sp³-hybridized carbons (Fsp3) is 0.412. The lowest BCUT2D eigenvalue weighted by atomic mass is 9.87. The van der Waals surface area contributed by atoms with Crippen molar-refractivity contribution in [1.29, 1.82) is 0 Å². The average Bonchev–Trinajstić information content (AvgIpc) is 2.78. The molecule has 1 aromatic carbocycles. The number of thiocarbonyl (C=S) groups is 1. The van der Waals surface area contributed by atoms with Crippen LogP contribution in [0.1, 0.15) is 38.7 Å². The second kappa shape index (κ2) is 5.26. The molecule has 2 aromatic rings. The molecular weight excluding hydrogens is 278 g/mol. The molecule has 1 aliphatic carbocycles. The Morgan fingerprint density at radius 1 is 1.38 bits per heavy atom. The van der Waals surface area contributed by atoms with Crippen LogP contribution in [0.5, 0.6) is 0 Å². The number of nitrogens with two attached hydrogens (primary N) is 1. The van der Waals surface area contributed by atoms with E-state index in [1.807, 2.05) is 18.2 Å². The minimum Gasteiger partial charge on any atom is -0.389 e. The predicted molar refractivity (Wildman–Crippen MR) is 92.7 cm³/mol. The molecule has 1 unspecified atom stereocenters. The molecule has 1 aromatic heterocycles. The first-order chi connectivity index (χ1) is 9.99. The molecule has 1 aliphatic rings. The van der Waals surface area contributed by atoms with Crippen LogP contribution in [-0.4, -0.2) is 16.0 Å². The van der Waals surface area contributed by atoms with E-state index in [9.17, 15) is 0 Å². The van der Waals surface area contributed by atoms with E-state index < -0.39 is 0 Å². The first-order valence-corrected chi connectivity index (χ1v) is 7.84. The molecule has 0 amide bonds. The van der Waals surface area contributed by atoms with Gasteiger partial charge in [0.2, 0.25) is 0 Å². The van der Waals surface area contributed by atoms with Crippen LogP contribution in [0.25, 0.3) is 10.9 Å². The van der Waals surface area contributed by atoms with Crippen LogP contribution < -0.4 is 11.1 Å². The number of hydrogen-bond acceptors (Lipinski definition) is 3. The largest absolute Gasteiger partial charge is 0.389 e. The van der Waals surface area contributed by atoms with Gasteiger partial charge in [0, 0.05) is 17.6 Å². The van der Waals surface area contributed by atoms with Gasteiger partial charge < -0.3 is 11.1 Å². The van der Waals surface area contributed by atoms with Crippen molar-refractivity contribution < 1.29 is 0 Å². The van der Waals surface area contributed by atoms with Crippen LogP contribution in [0.4, 0.5) is 5.69 Å². The van der Waals surface area contributed by atoms with Gasteiger partial charge in [-0.25, -0.2) is 0 Å². The fourth-order valence-electron chi connectivity index (χ4n) is 3.25. The van der Waals surface area contributed by atoms with Crippen LogP contribution in [0, 0.1) is 5.41 Å². The van der Waals surface area contributed by atoms with Gasteiger partial charge >= 0.3 is 0 Å². The van der Waals surface area contributed by atoms with E-state index in [4.69, 9.17) is 18.0 Å². The lowest BCUT2D eigenvalue weighted by Crippen LogP contribution is -2.32. The highest BCUT2D eigenvalue weighted by atomic mass is 32.1. The summed E-state index contributed by atoms with van der Waals surface area (Å²) in [5, 5.41) is 4.80. The molecule has 0 radical (unpaired) electrons. The third kappa shape index (κ3) is 2.60. The Bertz CT molecular complexity index is 693. The molecule has 3 N–H and O–H groups in total. The van der Waals surface area contributed by atoms with E-state index in [1.165, 1.54) is 19.3 Å². The zero-order chi connectivity index (χ0) is 15.0. The first-order valence-electron chi connectivity index (χ1n) is 7.43. The molecule has 1 atom stereocenters. The molecule has 1 saturated carbocycles. The van der Waals surface area contributed by atoms with Crippen LogP contribution in [0.2, 0.25) is 0 Å². The molecule has 110 valence electrons. The highest BCUT2D eigenvalue weighted by molar-refractivity contribution is 7.80. The molecule has 1 fully saturated rings. The van der Waals surface area contributed by atoms with Crippen molar-refractivity contribution in [2.75, 3.05) is 5.32 Å². The van der Waals surface area contributed by atoms with Crippen LogP contribution >= 0.6 is 12.2 Å². The van der Waals surface area contributed by atoms with E-state index in [1.54, 1.807) is 6.20 Å². The molecule has 1 heterocycles. The minimum atomic E-state index is 0.290. The number of para-hydroxylation sites is 1. The second-order valence-corrected chi connectivity index (χ2v) is 6.95. The van der Waals surface area contributed by atoms with Crippen LogP contribution in [0.3, 0.4) is 0 Å². The monoisotopic (exact) mass is 299 g/mol. The number of pyridine rings is 1. The van der Waals surface area contributed by atoms with Crippen LogP contribution in [0.15, 0.2) is 30.5 Å². The maximum Gasteiger partial charge on any atom is 0.107 e. The molecule has 3 rings (SSSR count). The number of aromatic nitrogens is 1. The van der Waals surface area contributed by atoms with Gasteiger partial charge in [-0.2, -0.15) is 0 Å². The molecule has 3 nitrogen and oxygen atoms in total. The number of fused-ring (bicyclic) bond motifs is 1. The fourth-order valence-corrected chi connectivity index (χ4v) is 3.41. The highest BCUT2D eigenvalue weighted by Crippen LogP contribution is 2.40. The normalized spacial score (nSPS) is 20.6. The Hall–Kier alpha value is -1.68. The van der Waals surface area contributed by atoms with Gasteiger partial charge in [-0.3, -0.25) is 4.98 Å². The van der Waals surface area contributed by atoms with Gasteiger partial charge in [0.05, 0.1) is 16.8 Å². The molecule has 0 aliphatic heterocycles. The summed E-state index contributed by atoms with van der Waals surface area (Å²) in [6.45, 7) is 4.64. The topological polar surface area (TPSA) is 50.9 Å². The quantitative estimate of drug-likeness (QED) is 0.845. The van der Waals surface area contributed by atoms with Gasteiger partial charge in [0.25, 0.3) is 0 Å². The third-order valence-electron chi connectivity index (χ3n) is 4.62. The van der Waals surface area contributed by atoms with Crippen molar-refractivity contribution in [2.45, 2.75) is 39.2 Å². The van der Waals surface area contributed by atoms with Gasteiger partial charge in [-0.05, 0) is 24.3 Å². The first kappa shape index (κ1) is 14.3. The summed E-state index contributed by atoms with van der Waals surface area (Å²) in [5.41, 5.74) is 9.03. The molecular formula is C17H21N3S. The lowest BCUT2D eigenvalue weighted by Gasteiger charge is -2.30. The molecule has 4 heteroatoms. The highest BCUT2D eigenvalue weighted by Gasteiger charge is 2.35. The molecule has 0 spiro atoms. The predicted octanol–water partition coefficient (Wildman–Crippen LogP) is 3.86. The summed E-state index contributed by atoms with van der Waals surface area (Å²) in [6.07, 6.45) is 5.47. The standard InChI is InChI=1S/C17H21N3S/c1-17(2)9-5-8-14(17)20-15-11-6-3-4-7-13(11)19-10-12(15)16(18)21/h3-4,6-7,10,14H,5,8-9H2,1-2H3,(H2,18,21)(H,19,20). The Morgan fingerprint density at radius 3 is 2.81 bits per heavy atom. The van der Waals surface area contributed by atoms with Crippen LogP contribution in [-0.2, 0) is 0 Å². The third-order valence-corrected chi connectivity index (χ3v) is 4.84. The Kier molecular flexibility index (Phi) is 3.57. The van der Waals surface area contributed by atoms with Crippen molar-refractivity contribution in [2.24, 2.45) is 11.1 Å². The second-order valence-electron chi connectivity index (χ2n) is 6.51. The van der Waals surface area contributed by atoms with Crippen molar-refractivity contribution in [3.8, 4) is 0 Å². The van der Waals surface area contributed by atoms with Crippen molar-refractivity contribution in [3.05, 3.63) is 36.0 Å². The smallest absolute Gasteiger partial charge is 0.107 e. The number of anilines is 1. The summed E-state index contributed by atoms with van der Waals surface area (Å²) >= 11 is 5.21. The zero-order valence-electron chi connectivity index (χ0n) is 12.5. The minimum absolute atomic E-state index is 0.290. The van der Waals surface area contributed by atoms with E-state index in [0.29, 0.717) is 11.0 Å². The van der Waals surface area contributed by atoms with Gasteiger partial charge in [-0.1, -0.05) is 50.7 Å². The van der Waals surface area contributed by atoms with Gasteiger partial charge in [0.15, 0.2) is 0 Å². The summed E-state index contributed by atoms with van der Waals surface area (Å²) in [6, 6.07) is 8.56. The Morgan fingerprint density at radius 2 is 2.14 bits per heavy atom. The lowest BCUT2D eigenvalue weighted by molar-refractivity contribution is 0.350. The summed E-state index contributed by atoms with van der Waals surface area (Å²) in [5.74, 6) is 0. The summed E-state index contributed by atoms with van der Waals surface area (Å²) in [7, 11) is 0. The molecule has 0 bridgehead atoms. The summed E-state index contributed by atoms with van der Waals surface area (Å²) < 4.78 is 0. The van der Waals surface area contributed by atoms with E-state index in [0.717, 1.165) is 22.2 Å². The SMILES string of the molecule is CC1(C)CCCC1Nc1c(C(N)=S)cnc2ccccc12. The summed E-state index contributed by atoms with van der Waals surface area (Å²) in [4.78, 5) is 4.86. The Balaban J connectivity index is 2.10. The average molecular weight is 299 g/mol. The Labute approximate surface area is 130 Å². The van der Waals surface area contributed by atoms with Crippen molar-refractivity contribution >= 4 is 33.8 Å². The maximum atomic E-state index is 5.90. The maximum absolute atomic E-state index is 5.90. The van der Waals surface area contributed by atoms with Crippen molar-refractivity contribution in [1.82, 2.24) is 4.98 Å². The molecule has 0 saturated heterocycles. The number of benzene rings is 1. The van der Waals surface area contributed by atoms with E-state index in [2.05, 4.69) is 30.2 Å². The molecule has 21 heavy (non-hydrogen) atoms. The van der Waals surface area contributed by atoms with E-state index >= 15 is 0 Å². The number of nitrogens with zero attached hydrogens (tertiary/aromatic N) is 1. The van der Waals surface area contributed by atoms with Gasteiger partial charge in [-0.15, -0.1) is 0 Å². The number of hydrogen-bond donors (Lipinski definition) is 2. The number of nitrogens with one attached hydrogen (secondary N) is 1. The van der Waals surface area contributed by atoms with Crippen molar-refractivity contribution in [3.63, 3.8) is 0 Å². The van der Waals surface area contributed by atoms with E-state index in [-0.39, 0.29) is 5.41 Å². The number of rotatable bonds is 3.